The lowest BCUT2D eigenvalue weighted by Crippen LogP contribution is -2.00. The number of hydrogen-bond acceptors (Lipinski definition) is 3. The number of methoxy groups -OCH3 is 1. The standard InChI is InChI=1S/C13H13NO2/c1-9(15)7-13-12-8-11(16-2)4-3-10(12)5-6-14-13/h3-6,8H,7H2,1-2H3. The van der Waals surface area contributed by atoms with E-state index in [-0.39, 0.29) is 5.78 Å². The number of nitrogens with zero attached hydrogens (tertiary/aromatic N) is 1. The zero-order valence-corrected chi connectivity index (χ0v) is 9.36. The maximum absolute atomic E-state index is 11.1. The number of hydrogen-bond donors (Lipinski definition) is 0. The smallest absolute Gasteiger partial charge is 0.135 e. The minimum Gasteiger partial charge on any atom is -0.497 e. The van der Waals surface area contributed by atoms with Crippen molar-refractivity contribution < 1.29 is 9.53 Å². The van der Waals surface area contributed by atoms with Gasteiger partial charge in [0.25, 0.3) is 0 Å². The summed E-state index contributed by atoms with van der Waals surface area (Å²) in [7, 11) is 1.63. The quantitative estimate of drug-likeness (QED) is 0.789. The Morgan fingerprint density at radius 3 is 2.88 bits per heavy atom. The lowest BCUT2D eigenvalue weighted by Gasteiger charge is -2.06. The number of carbonyl (C=O) groups is 1. The Morgan fingerprint density at radius 1 is 1.38 bits per heavy atom. The Labute approximate surface area is 94.1 Å². The largest absolute Gasteiger partial charge is 0.497 e. The van der Waals surface area contributed by atoms with Gasteiger partial charge in [-0.15, -0.1) is 0 Å². The fourth-order valence-electron chi connectivity index (χ4n) is 1.71. The van der Waals surface area contributed by atoms with Crippen LogP contribution >= 0.6 is 0 Å². The van der Waals surface area contributed by atoms with Crippen molar-refractivity contribution in [1.82, 2.24) is 4.98 Å². The normalized spacial score (nSPS) is 10.4. The molecule has 82 valence electrons. The van der Waals surface area contributed by atoms with Gasteiger partial charge in [0.2, 0.25) is 0 Å². The van der Waals surface area contributed by atoms with E-state index in [2.05, 4.69) is 4.98 Å². The number of aromatic nitrogens is 1. The average Bonchev–Trinajstić information content (AvgIpc) is 2.28. The Bertz CT molecular complexity index is 534. The highest BCUT2D eigenvalue weighted by Crippen LogP contribution is 2.22. The molecule has 0 bridgehead atoms. The van der Waals surface area contributed by atoms with Gasteiger partial charge in [-0.3, -0.25) is 9.78 Å². The first-order chi connectivity index (χ1) is 7.70. The van der Waals surface area contributed by atoms with Crippen molar-refractivity contribution in [3.8, 4) is 5.75 Å². The number of rotatable bonds is 3. The molecular weight excluding hydrogens is 202 g/mol. The molecule has 0 aliphatic rings. The molecule has 2 rings (SSSR count). The van der Waals surface area contributed by atoms with Crippen molar-refractivity contribution in [2.45, 2.75) is 13.3 Å². The van der Waals surface area contributed by atoms with Crippen LogP contribution in [-0.4, -0.2) is 17.9 Å². The number of carbonyl (C=O) groups excluding carboxylic acids is 1. The average molecular weight is 215 g/mol. The van der Waals surface area contributed by atoms with Gasteiger partial charge in [-0.05, 0) is 30.5 Å². The highest BCUT2D eigenvalue weighted by Gasteiger charge is 2.06. The number of ether oxygens (including phenoxy) is 1. The summed E-state index contributed by atoms with van der Waals surface area (Å²) in [4.78, 5) is 15.4. The van der Waals surface area contributed by atoms with E-state index in [0.717, 1.165) is 22.2 Å². The summed E-state index contributed by atoms with van der Waals surface area (Å²) in [5, 5.41) is 2.06. The Balaban J connectivity index is 2.59. The van der Waals surface area contributed by atoms with Crippen LogP contribution in [0, 0.1) is 0 Å². The van der Waals surface area contributed by atoms with Gasteiger partial charge in [0.15, 0.2) is 0 Å². The zero-order valence-electron chi connectivity index (χ0n) is 9.36. The van der Waals surface area contributed by atoms with Crippen LogP contribution in [0.4, 0.5) is 0 Å². The van der Waals surface area contributed by atoms with Gasteiger partial charge in [-0.2, -0.15) is 0 Å². The summed E-state index contributed by atoms with van der Waals surface area (Å²) >= 11 is 0. The predicted molar refractivity (Wildman–Crippen MR) is 62.7 cm³/mol. The molecule has 0 saturated heterocycles. The lowest BCUT2D eigenvalue weighted by atomic mass is 10.1. The van der Waals surface area contributed by atoms with E-state index < -0.39 is 0 Å². The molecule has 3 nitrogen and oxygen atoms in total. The third-order valence-corrected chi connectivity index (χ3v) is 2.47. The molecule has 0 saturated carbocycles. The van der Waals surface area contributed by atoms with E-state index in [9.17, 15) is 4.79 Å². The van der Waals surface area contributed by atoms with Crippen LogP contribution in [-0.2, 0) is 11.2 Å². The summed E-state index contributed by atoms with van der Waals surface area (Å²) in [5.74, 6) is 0.896. The van der Waals surface area contributed by atoms with Gasteiger partial charge < -0.3 is 4.74 Å². The van der Waals surface area contributed by atoms with Crippen LogP contribution in [0.1, 0.15) is 12.6 Å². The molecule has 0 aliphatic carbocycles. The Kier molecular flexibility index (Phi) is 2.86. The van der Waals surface area contributed by atoms with Crippen molar-refractivity contribution in [2.24, 2.45) is 0 Å². The van der Waals surface area contributed by atoms with Crippen LogP contribution in [0.3, 0.4) is 0 Å². The summed E-state index contributed by atoms with van der Waals surface area (Å²) in [6, 6.07) is 7.72. The molecule has 0 N–H and O–H groups in total. The lowest BCUT2D eigenvalue weighted by molar-refractivity contribution is -0.116. The van der Waals surface area contributed by atoms with Crippen molar-refractivity contribution in [1.29, 1.82) is 0 Å². The molecule has 1 aromatic heterocycles. The first-order valence-electron chi connectivity index (χ1n) is 5.12. The Morgan fingerprint density at radius 2 is 2.19 bits per heavy atom. The first kappa shape index (κ1) is 10.6. The van der Waals surface area contributed by atoms with Gasteiger partial charge >= 0.3 is 0 Å². The molecule has 0 aliphatic heterocycles. The third kappa shape index (κ3) is 2.03. The molecule has 0 fully saturated rings. The van der Waals surface area contributed by atoms with Gasteiger partial charge in [0.05, 0.1) is 12.8 Å². The second-order valence-electron chi connectivity index (χ2n) is 3.72. The second kappa shape index (κ2) is 4.31. The molecule has 16 heavy (non-hydrogen) atoms. The van der Waals surface area contributed by atoms with Gasteiger partial charge in [-0.25, -0.2) is 0 Å². The van der Waals surface area contributed by atoms with Gasteiger partial charge in [-0.1, -0.05) is 6.07 Å². The monoisotopic (exact) mass is 215 g/mol. The molecule has 0 atom stereocenters. The summed E-state index contributed by atoms with van der Waals surface area (Å²) in [5.41, 5.74) is 0.809. The fraction of sp³-hybridized carbons (Fsp3) is 0.231. The molecule has 0 amide bonds. The van der Waals surface area contributed by atoms with Crippen LogP contribution in [0.25, 0.3) is 10.8 Å². The number of Topliss-reactive ketones (excluding diaryl/α,β-unsaturated/α-hetero) is 1. The van der Waals surface area contributed by atoms with Crippen molar-refractivity contribution >= 4 is 16.6 Å². The van der Waals surface area contributed by atoms with Crippen molar-refractivity contribution in [2.75, 3.05) is 7.11 Å². The molecule has 0 unspecified atom stereocenters. The minimum absolute atomic E-state index is 0.114. The van der Waals surface area contributed by atoms with Crippen LogP contribution < -0.4 is 4.74 Å². The molecule has 3 heteroatoms. The third-order valence-electron chi connectivity index (χ3n) is 2.47. The van der Waals surface area contributed by atoms with Crippen LogP contribution in [0.5, 0.6) is 5.75 Å². The Hall–Kier alpha value is -1.90. The minimum atomic E-state index is 0.114. The number of ketones is 1. The summed E-state index contributed by atoms with van der Waals surface area (Å²) < 4.78 is 5.17. The van der Waals surface area contributed by atoms with Crippen molar-refractivity contribution in [3.05, 3.63) is 36.2 Å². The van der Waals surface area contributed by atoms with E-state index in [1.807, 2.05) is 24.3 Å². The number of fused-ring (bicyclic) bond motifs is 1. The van der Waals surface area contributed by atoms with Gasteiger partial charge in [0.1, 0.15) is 11.5 Å². The first-order valence-corrected chi connectivity index (χ1v) is 5.12. The van der Waals surface area contributed by atoms with Crippen LogP contribution in [0.2, 0.25) is 0 Å². The van der Waals surface area contributed by atoms with E-state index in [4.69, 9.17) is 4.74 Å². The predicted octanol–water partition coefficient (Wildman–Crippen LogP) is 2.37. The molecule has 1 heterocycles. The van der Waals surface area contributed by atoms with E-state index in [1.165, 1.54) is 0 Å². The summed E-state index contributed by atoms with van der Waals surface area (Å²) in [6.45, 7) is 1.57. The fourth-order valence-corrected chi connectivity index (χ4v) is 1.71. The topological polar surface area (TPSA) is 39.2 Å². The maximum atomic E-state index is 11.1. The van der Waals surface area contributed by atoms with E-state index in [1.54, 1.807) is 20.2 Å². The van der Waals surface area contributed by atoms with Crippen molar-refractivity contribution in [3.63, 3.8) is 0 Å². The van der Waals surface area contributed by atoms with Gasteiger partial charge in [0, 0.05) is 18.0 Å². The molecule has 1 aromatic carbocycles. The maximum Gasteiger partial charge on any atom is 0.135 e. The molecular formula is C13H13NO2. The highest BCUT2D eigenvalue weighted by molar-refractivity contribution is 5.89. The highest BCUT2D eigenvalue weighted by atomic mass is 16.5. The van der Waals surface area contributed by atoms with E-state index >= 15 is 0 Å². The summed E-state index contributed by atoms with van der Waals surface area (Å²) in [6.07, 6.45) is 2.09. The molecule has 2 aromatic rings. The SMILES string of the molecule is COc1ccc2ccnc(CC(C)=O)c2c1. The van der Waals surface area contributed by atoms with E-state index in [0.29, 0.717) is 6.42 Å². The zero-order chi connectivity index (χ0) is 11.5. The number of pyridine rings is 1. The van der Waals surface area contributed by atoms with Crippen LogP contribution in [0.15, 0.2) is 30.5 Å². The number of benzene rings is 1. The molecule has 0 spiro atoms. The molecule has 0 radical (unpaired) electrons. The second-order valence-corrected chi connectivity index (χ2v) is 3.72.